The van der Waals surface area contributed by atoms with Crippen LogP contribution in [0.25, 0.3) is 0 Å². The van der Waals surface area contributed by atoms with E-state index in [1.807, 2.05) is 0 Å². The van der Waals surface area contributed by atoms with Crippen molar-refractivity contribution in [2.75, 3.05) is 13.9 Å². The van der Waals surface area contributed by atoms with Crippen LogP contribution in [0.15, 0.2) is 0 Å². The Bertz CT molecular complexity index is 178. The summed E-state index contributed by atoms with van der Waals surface area (Å²) in [5.74, 6) is 0. The molecule has 0 aromatic carbocycles. The fourth-order valence-corrected chi connectivity index (χ4v) is 1.80. The molecule has 81 valence electrons. The van der Waals surface area contributed by atoms with E-state index < -0.39 is 0 Å². The van der Waals surface area contributed by atoms with Crippen LogP contribution in [0.5, 0.6) is 0 Å². The standard InChI is InChI=1S/C11H21O2.V/c1-10(2)7-6-9(11(10,3)4)13-8-12-5;/h7,9H,6,8H2,1-5H3;/q-1;+2. The maximum absolute atomic E-state index is 5.65. The molecule has 2 nitrogen and oxygen atoms in total. The first-order chi connectivity index (χ1) is 5.92. The molecule has 0 aromatic rings. The Kier molecular flexibility index (Phi) is 5.20. The monoisotopic (exact) mass is 236 g/mol. The Balaban J connectivity index is 0.00000169. The SMILES string of the molecule is COCOC1C[CH-]C(C)(C)C1(C)C.[V+2]. The van der Waals surface area contributed by atoms with Crippen molar-refractivity contribution in [1.82, 2.24) is 0 Å². The first kappa shape index (κ1) is 14.5. The topological polar surface area (TPSA) is 18.5 Å². The molecule has 1 unspecified atom stereocenters. The minimum absolute atomic E-state index is 0. The van der Waals surface area contributed by atoms with Crippen molar-refractivity contribution in [3.63, 3.8) is 0 Å². The second-order valence-electron chi connectivity index (χ2n) is 4.95. The number of rotatable bonds is 3. The third-order valence-corrected chi connectivity index (χ3v) is 3.69. The molecule has 0 aromatic heterocycles. The third-order valence-electron chi connectivity index (χ3n) is 3.69. The molecule has 0 amide bonds. The van der Waals surface area contributed by atoms with Gasteiger partial charge in [0.05, 0.1) is 0 Å². The number of methoxy groups -OCH3 is 1. The van der Waals surface area contributed by atoms with E-state index in [0.29, 0.717) is 12.9 Å². The zero-order valence-electron chi connectivity index (χ0n) is 9.83. The van der Waals surface area contributed by atoms with E-state index in [-0.39, 0.29) is 29.4 Å². The molecule has 1 aliphatic rings. The molecule has 3 heteroatoms. The van der Waals surface area contributed by atoms with Crippen molar-refractivity contribution < 1.29 is 28.0 Å². The average Bonchev–Trinajstić information content (AvgIpc) is 2.21. The van der Waals surface area contributed by atoms with Crippen molar-refractivity contribution in [2.24, 2.45) is 10.8 Å². The van der Waals surface area contributed by atoms with E-state index in [1.165, 1.54) is 0 Å². The Labute approximate surface area is 99.6 Å². The molecule has 0 N–H and O–H groups in total. The van der Waals surface area contributed by atoms with E-state index >= 15 is 0 Å². The Morgan fingerprint density at radius 2 is 1.86 bits per heavy atom. The van der Waals surface area contributed by atoms with Gasteiger partial charge >= 0.3 is 18.6 Å². The Morgan fingerprint density at radius 3 is 2.21 bits per heavy atom. The van der Waals surface area contributed by atoms with Crippen LogP contribution >= 0.6 is 0 Å². The summed E-state index contributed by atoms with van der Waals surface area (Å²) in [7, 11) is 1.66. The van der Waals surface area contributed by atoms with Crippen LogP contribution in [0.1, 0.15) is 34.1 Å². The normalized spacial score (nSPS) is 28.5. The van der Waals surface area contributed by atoms with Gasteiger partial charge in [-0.2, -0.15) is 11.8 Å². The van der Waals surface area contributed by atoms with Gasteiger partial charge in [-0.25, -0.2) is 0 Å². The van der Waals surface area contributed by atoms with Crippen LogP contribution < -0.4 is 0 Å². The van der Waals surface area contributed by atoms with Gasteiger partial charge in [-0.05, 0) is 5.41 Å². The molecule has 1 radical (unpaired) electrons. The molecule has 1 saturated carbocycles. The maximum Gasteiger partial charge on any atom is 2.00 e. The molecule has 0 aliphatic heterocycles. The van der Waals surface area contributed by atoms with Gasteiger partial charge in [0, 0.05) is 13.2 Å². The van der Waals surface area contributed by atoms with E-state index in [9.17, 15) is 0 Å². The predicted octanol–water partition coefficient (Wildman–Crippen LogP) is 2.63. The van der Waals surface area contributed by atoms with Crippen LogP contribution in [0, 0.1) is 17.3 Å². The third kappa shape index (κ3) is 2.54. The summed E-state index contributed by atoms with van der Waals surface area (Å²) in [6, 6.07) is 0. The van der Waals surface area contributed by atoms with E-state index in [1.54, 1.807) is 7.11 Å². The summed E-state index contributed by atoms with van der Waals surface area (Å²) in [6.07, 6.45) is 3.68. The minimum Gasteiger partial charge on any atom is -0.359 e. The summed E-state index contributed by atoms with van der Waals surface area (Å²) >= 11 is 0. The minimum atomic E-state index is 0. The van der Waals surface area contributed by atoms with E-state index in [4.69, 9.17) is 9.47 Å². The zero-order chi connectivity index (χ0) is 10.1. The van der Waals surface area contributed by atoms with Crippen LogP contribution in [0.3, 0.4) is 0 Å². The smallest absolute Gasteiger partial charge is 0.359 e. The van der Waals surface area contributed by atoms with Crippen LogP contribution in [-0.2, 0) is 28.0 Å². The maximum atomic E-state index is 5.65. The Hall–Kier alpha value is 0.504. The first-order valence-electron chi connectivity index (χ1n) is 4.87. The molecule has 1 aliphatic carbocycles. The van der Waals surface area contributed by atoms with Crippen molar-refractivity contribution in [2.45, 2.75) is 40.2 Å². The number of hydrogen-bond donors (Lipinski definition) is 0. The van der Waals surface area contributed by atoms with Gasteiger partial charge in [0.25, 0.3) is 0 Å². The number of hydrogen-bond acceptors (Lipinski definition) is 2. The fourth-order valence-electron chi connectivity index (χ4n) is 1.80. The second kappa shape index (κ2) is 5.02. The van der Waals surface area contributed by atoms with Gasteiger partial charge in [-0.1, -0.05) is 27.7 Å². The molecule has 14 heavy (non-hydrogen) atoms. The fraction of sp³-hybridized carbons (Fsp3) is 0.909. The van der Waals surface area contributed by atoms with E-state index in [2.05, 4.69) is 34.1 Å². The van der Waals surface area contributed by atoms with Crippen LogP contribution in [0.4, 0.5) is 0 Å². The molecule has 1 rings (SSSR count). The number of ether oxygens (including phenoxy) is 2. The molecular formula is C11H21O2V+. The van der Waals surface area contributed by atoms with E-state index in [0.717, 1.165) is 6.42 Å². The zero-order valence-corrected chi connectivity index (χ0v) is 11.2. The van der Waals surface area contributed by atoms with Gasteiger partial charge < -0.3 is 15.9 Å². The van der Waals surface area contributed by atoms with Crippen molar-refractivity contribution >= 4 is 0 Å². The Morgan fingerprint density at radius 1 is 1.29 bits per heavy atom. The van der Waals surface area contributed by atoms with Crippen molar-refractivity contribution in [3.05, 3.63) is 6.42 Å². The van der Waals surface area contributed by atoms with Gasteiger partial charge in [-0.3, -0.25) is 0 Å². The van der Waals surface area contributed by atoms with Gasteiger partial charge in [-0.15, -0.1) is 0 Å². The largest absolute Gasteiger partial charge is 2.00 e. The summed E-state index contributed by atoms with van der Waals surface area (Å²) < 4.78 is 10.6. The molecule has 1 atom stereocenters. The van der Waals surface area contributed by atoms with Crippen molar-refractivity contribution in [3.8, 4) is 0 Å². The second-order valence-corrected chi connectivity index (χ2v) is 4.95. The van der Waals surface area contributed by atoms with Gasteiger partial charge in [0.15, 0.2) is 0 Å². The summed E-state index contributed by atoms with van der Waals surface area (Å²) in [5, 5.41) is 0. The molecule has 0 saturated heterocycles. The summed E-state index contributed by atoms with van der Waals surface area (Å²) in [5.41, 5.74) is 0.455. The summed E-state index contributed by atoms with van der Waals surface area (Å²) in [4.78, 5) is 0. The molecule has 0 heterocycles. The van der Waals surface area contributed by atoms with Crippen molar-refractivity contribution in [1.29, 1.82) is 0 Å². The molecular weight excluding hydrogens is 215 g/mol. The molecule has 1 fully saturated rings. The average molecular weight is 236 g/mol. The summed E-state index contributed by atoms with van der Waals surface area (Å²) in [6.45, 7) is 9.46. The van der Waals surface area contributed by atoms with Crippen LogP contribution in [0.2, 0.25) is 0 Å². The first-order valence-corrected chi connectivity index (χ1v) is 4.87. The van der Waals surface area contributed by atoms with Gasteiger partial charge in [0.2, 0.25) is 0 Å². The predicted molar refractivity (Wildman–Crippen MR) is 53.2 cm³/mol. The quantitative estimate of drug-likeness (QED) is 0.554. The van der Waals surface area contributed by atoms with Gasteiger partial charge in [0.1, 0.15) is 6.79 Å². The molecule has 0 bridgehead atoms. The molecule has 0 spiro atoms. The van der Waals surface area contributed by atoms with Crippen LogP contribution in [-0.4, -0.2) is 20.0 Å².